The van der Waals surface area contributed by atoms with Crippen LogP contribution in [0.5, 0.6) is 0 Å². The number of rotatable bonds is 13. The smallest absolute Gasteiger partial charge is 0.166 e. The van der Waals surface area contributed by atoms with Gasteiger partial charge in [0.15, 0.2) is 5.78 Å². The van der Waals surface area contributed by atoms with Crippen LogP contribution in [0.15, 0.2) is 59.6 Å². The third kappa shape index (κ3) is 6.43. The van der Waals surface area contributed by atoms with Crippen molar-refractivity contribution < 1.29 is 9.90 Å². The average molecular weight is 490 g/mol. The molecule has 194 valence electrons. The molecule has 2 aliphatic rings. The monoisotopic (exact) mass is 489 g/mol. The minimum Gasteiger partial charge on any atom is -0.392 e. The Morgan fingerprint density at radius 1 is 1.06 bits per heavy atom. The van der Waals surface area contributed by atoms with Crippen LogP contribution in [0, 0.1) is 11.8 Å². The lowest BCUT2D eigenvalue weighted by Gasteiger charge is -2.35. The molecule has 1 heterocycles. The van der Waals surface area contributed by atoms with Gasteiger partial charge in [0, 0.05) is 35.8 Å². The molecule has 3 N–H and O–H groups in total. The van der Waals surface area contributed by atoms with Crippen LogP contribution in [0.1, 0.15) is 76.3 Å². The molecular formula is C31H43N3O2. The van der Waals surface area contributed by atoms with Crippen molar-refractivity contribution in [2.75, 3.05) is 11.4 Å². The van der Waals surface area contributed by atoms with E-state index in [0.717, 1.165) is 74.0 Å². The predicted molar refractivity (Wildman–Crippen MR) is 149 cm³/mol. The maximum Gasteiger partial charge on any atom is 0.166 e. The van der Waals surface area contributed by atoms with E-state index in [4.69, 9.17) is 10.7 Å². The molecule has 1 fully saturated rings. The first-order valence-electron chi connectivity index (χ1n) is 14.0. The van der Waals surface area contributed by atoms with E-state index < -0.39 is 24.2 Å². The first-order valence-corrected chi connectivity index (χ1v) is 14.0. The van der Waals surface area contributed by atoms with Gasteiger partial charge in [-0.2, -0.15) is 0 Å². The van der Waals surface area contributed by atoms with Crippen LogP contribution < -0.4 is 10.6 Å². The molecule has 0 aromatic heterocycles. The van der Waals surface area contributed by atoms with Crippen molar-refractivity contribution in [2.45, 2.75) is 89.9 Å². The number of unbranched alkanes of at least 4 members (excludes halogenated alkanes) is 2. The zero-order chi connectivity index (χ0) is 25.5. The molecule has 0 radical (unpaired) electrons. The van der Waals surface area contributed by atoms with Gasteiger partial charge in [-0.3, -0.25) is 9.79 Å². The highest BCUT2D eigenvalue weighted by Gasteiger charge is 2.41. The van der Waals surface area contributed by atoms with Gasteiger partial charge < -0.3 is 15.7 Å². The highest BCUT2D eigenvalue weighted by Crippen LogP contribution is 2.38. The van der Waals surface area contributed by atoms with E-state index in [2.05, 4.69) is 43.0 Å². The second-order valence-electron chi connectivity index (χ2n) is 10.6. The van der Waals surface area contributed by atoms with Gasteiger partial charge in [0.25, 0.3) is 0 Å². The van der Waals surface area contributed by atoms with E-state index in [1.165, 1.54) is 0 Å². The number of fused-ring (bicyclic) bond motifs is 1. The molecule has 4 rings (SSSR count). The number of nitrogens with two attached hydrogens (primary N) is 1. The SMILES string of the molecule is CCCCC(O)C(CC1CC1)C(=O)C1N=C(Cc2ccccc2)c2ccccc2N(CCCC)C1N. The fourth-order valence-corrected chi connectivity index (χ4v) is 5.38. The molecule has 2 aromatic carbocycles. The van der Waals surface area contributed by atoms with E-state index >= 15 is 0 Å². The Labute approximate surface area is 216 Å². The largest absolute Gasteiger partial charge is 0.392 e. The molecular weight excluding hydrogens is 446 g/mol. The van der Waals surface area contributed by atoms with E-state index in [0.29, 0.717) is 18.8 Å². The number of benzene rings is 2. The Hall–Kier alpha value is -2.50. The average Bonchev–Trinajstić information content (AvgIpc) is 3.73. The van der Waals surface area contributed by atoms with Crippen molar-refractivity contribution in [3.05, 3.63) is 65.7 Å². The van der Waals surface area contributed by atoms with Crippen LogP contribution in [0.2, 0.25) is 0 Å². The summed E-state index contributed by atoms with van der Waals surface area (Å²) in [6.07, 6.45) is 7.11. The molecule has 5 nitrogen and oxygen atoms in total. The summed E-state index contributed by atoms with van der Waals surface area (Å²) < 4.78 is 0. The normalized spacial score (nSPS) is 21.3. The maximum atomic E-state index is 14.2. The fraction of sp³-hybridized carbons (Fsp3) is 0.548. The van der Waals surface area contributed by atoms with E-state index in [1.807, 2.05) is 30.3 Å². The number of hydrogen-bond donors (Lipinski definition) is 2. The number of aliphatic hydroxyl groups excluding tert-OH is 1. The molecule has 1 saturated carbocycles. The van der Waals surface area contributed by atoms with Crippen molar-refractivity contribution in [1.82, 2.24) is 0 Å². The Kier molecular flexibility index (Phi) is 9.33. The van der Waals surface area contributed by atoms with Crippen molar-refractivity contribution in [1.29, 1.82) is 0 Å². The van der Waals surface area contributed by atoms with Gasteiger partial charge in [-0.05, 0) is 36.8 Å². The third-order valence-electron chi connectivity index (χ3n) is 7.73. The Morgan fingerprint density at radius 2 is 1.75 bits per heavy atom. The number of aliphatic hydroxyl groups is 1. The molecule has 0 bridgehead atoms. The summed E-state index contributed by atoms with van der Waals surface area (Å²) in [4.78, 5) is 21.6. The summed E-state index contributed by atoms with van der Waals surface area (Å²) in [5.74, 6) is 0.146. The molecule has 0 saturated heterocycles. The number of ketones is 1. The number of nitrogens with zero attached hydrogens (tertiary/aromatic N) is 2. The number of carbonyl (C=O) groups is 1. The quantitative estimate of drug-likeness (QED) is 0.388. The van der Waals surface area contributed by atoms with Crippen LogP contribution in [-0.4, -0.2) is 41.5 Å². The highest BCUT2D eigenvalue weighted by molar-refractivity contribution is 6.08. The molecule has 0 amide bonds. The zero-order valence-corrected chi connectivity index (χ0v) is 22.0. The van der Waals surface area contributed by atoms with Gasteiger partial charge in [-0.1, -0.05) is 94.5 Å². The number of Topliss-reactive ketones (excluding diaryl/α,β-unsaturated/α-hetero) is 1. The summed E-state index contributed by atoms with van der Waals surface area (Å²) in [5.41, 5.74) is 11.1. The van der Waals surface area contributed by atoms with Crippen molar-refractivity contribution in [3.63, 3.8) is 0 Å². The number of para-hydroxylation sites is 1. The zero-order valence-electron chi connectivity index (χ0n) is 22.0. The van der Waals surface area contributed by atoms with Gasteiger partial charge in [0.05, 0.1) is 6.10 Å². The lowest BCUT2D eigenvalue weighted by atomic mass is 9.85. The molecule has 4 unspecified atom stereocenters. The summed E-state index contributed by atoms with van der Waals surface area (Å²) in [6, 6.07) is 17.9. The Bertz CT molecular complexity index is 1020. The summed E-state index contributed by atoms with van der Waals surface area (Å²) in [5, 5.41) is 11.1. The molecule has 4 atom stereocenters. The maximum absolute atomic E-state index is 14.2. The van der Waals surface area contributed by atoms with Crippen molar-refractivity contribution >= 4 is 17.2 Å². The van der Waals surface area contributed by atoms with E-state index in [1.54, 1.807) is 0 Å². The van der Waals surface area contributed by atoms with Gasteiger partial charge in [-0.25, -0.2) is 0 Å². The van der Waals surface area contributed by atoms with Crippen LogP contribution in [0.4, 0.5) is 5.69 Å². The number of carbonyl (C=O) groups excluding carboxylic acids is 1. The summed E-state index contributed by atoms with van der Waals surface area (Å²) >= 11 is 0. The van der Waals surface area contributed by atoms with Gasteiger partial charge in [0.2, 0.25) is 0 Å². The first kappa shape index (κ1) is 26.6. The Balaban J connectivity index is 1.74. The first-order chi connectivity index (χ1) is 17.5. The summed E-state index contributed by atoms with van der Waals surface area (Å²) in [7, 11) is 0. The molecule has 36 heavy (non-hydrogen) atoms. The number of anilines is 1. The fourth-order valence-electron chi connectivity index (χ4n) is 5.38. The minimum atomic E-state index is -0.701. The second kappa shape index (κ2) is 12.6. The summed E-state index contributed by atoms with van der Waals surface area (Å²) in [6.45, 7) is 5.07. The number of hydrogen-bond acceptors (Lipinski definition) is 5. The minimum absolute atomic E-state index is 0.0119. The predicted octanol–water partition coefficient (Wildman–Crippen LogP) is 5.53. The lowest BCUT2D eigenvalue weighted by Crippen LogP contribution is -2.54. The number of benzodiazepines with no additional fused rings is 1. The van der Waals surface area contributed by atoms with Crippen LogP contribution in [-0.2, 0) is 11.2 Å². The van der Waals surface area contributed by atoms with E-state index in [9.17, 15) is 9.90 Å². The van der Waals surface area contributed by atoms with Crippen LogP contribution in [0.25, 0.3) is 0 Å². The molecule has 1 aliphatic carbocycles. The second-order valence-corrected chi connectivity index (χ2v) is 10.6. The van der Waals surface area contributed by atoms with Crippen LogP contribution >= 0.6 is 0 Å². The Morgan fingerprint density at radius 3 is 2.44 bits per heavy atom. The lowest BCUT2D eigenvalue weighted by molar-refractivity contribution is -0.128. The standard InChI is InChI=1S/C31H43N3O2/c1-3-5-16-28(35)25(20-23-17-18-23)30(36)29-31(32)34(19-6-4-2)27-15-11-10-14-24(27)26(33-29)21-22-12-8-7-9-13-22/h7-15,23,25,28-29,31,35H,3-6,16-21,32H2,1-2H3. The number of aliphatic imine (C=N–C) groups is 1. The van der Waals surface area contributed by atoms with Crippen molar-refractivity contribution in [2.24, 2.45) is 22.6 Å². The molecule has 5 heteroatoms. The topological polar surface area (TPSA) is 78.9 Å². The van der Waals surface area contributed by atoms with Crippen LogP contribution in [0.3, 0.4) is 0 Å². The van der Waals surface area contributed by atoms with Gasteiger partial charge >= 0.3 is 0 Å². The van der Waals surface area contributed by atoms with Gasteiger partial charge in [0.1, 0.15) is 12.2 Å². The molecule has 0 spiro atoms. The van der Waals surface area contributed by atoms with E-state index in [-0.39, 0.29) is 5.78 Å². The highest BCUT2D eigenvalue weighted by atomic mass is 16.3. The molecule has 2 aromatic rings. The molecule has 1 aliphatic heterocycles. The van der Waals surface area contributed by atoms with Crippen molar-refractivity contribution in [3.8, 4) is 0 Å². The third-order valence-corrected chi connectivity index (χ3v) is 7.73. The van der Waals surface area contributed by atoms with Gasteiger partial charge in [-0.15, -0.1) is 0 Å².